The number of piperidine rings is 1. The molecule has 6 heteroatoms. The fraction of sp³-hybridized carbons (Fsp3) is 0.364. The van der Waals surface area contributed by atoms with E-state index in [2.05, 4.69) is 9.88 Å². The van der Waals surface area contributed by atoms with Crippen molar-refractivity contribution in [3.8, 4) is 16.9 Å². The molecule has 0 atom stereocenters. The van der Waals surface area contributed by atoms with Crippen LogP contribution in [0.2, 0.25) is 5.15 Å². The molecule has 0 radical (unpaired) electrons. The van der Waals surface area contributed by atoms with E-state index in [0.29, 0.717) is 5.15 Å². The Morgan fingerprint density at radius 2 is 1.86 bits per heavy atom. The quantitative estimate of drug-likeness (QED) is 0.479. The highest BCUT2D eigenvalue weighted by molar-refractivity contribution is 6.32. The lowest BCUT2D eigenvalue weighted by Crippen LogP contribution is -2.46. The zero-order valence-electron chi connectivity index (χ0n) is 15.6. The second kappa shape index (κ2) is 6.90. The van der Waals surface area contributed by atoms with Gasteiger partial charge in [0.25, 0.3) is 0 Å². The van der Waals surface area contributed by atoms with Gasteiger partial charge < -0.3 is 9.53 Å². The largest absolute Gasteiger partial charge is 0.490 e. The number of fused-ring (bicyclic) bond motifs is 1. The minimum atomic E-state index is -0.151. The molecule has 1 aromatic carbocycles. The summed E-state index contributed by atoms with van der Waals surface area (Å²) in [6.45, 7) is 1.87. The summed E-state index contributed by atoms with van der Waals surface area (Å²) in [5.41, 5.74) is 2.70. The molecule has 2 fully saturated rings. The summed E-state index contributed by atoms with van der Waals surface area (Å²) in [5, 5.41) is 0.653. The molecule has 0 N–H and O–H groups in total. The van der Waals surface area contributed by atoms with Gasteiger partial charge in [0.2, 0.25) is 0 Å². The average molecular weight is 396 g/mol. The fourth-order valence-electron chi connectivity index (χ4n) is 4.14. The summed E-state index contributed by atoms with van der Waals surface area (Å²) in [6, 6.07) is 12.1. The Kier molecular flexibility index (Phi) is 4.37. The van der Waals surface area contributed by atoms with Gasteiger partial charge >= 0.3 is 0 Å². The van der Waals surface area contributed by atoms with Gasteiger partial charge in [-0.2, -0.15) is 0 Å². The third-order valence-electron chi connectivity index (χ3n) is 6.02. The van der Waals surface area contributed by atoms with Gasteiger partial charge in [0.05, 0.1) is 5.54 Å². The zero-order valence-corrected chi connectivity index (χ0v) is 16.3. The molecule has 0 spiro atoms. The summed E-state index contributed by atoms with van der Waals surface area (Å²) in [5.74, 6) is 0.874. The number of aldehydes is 1. The standard InChI is InChI=1S/C22H22ClN3O2/c23-21-19(5-6-20-24-11-14-26(20)21)16-1-3-17(4-2-16)28-18-7-12-25(13-8-18)22(15-27)9-10-22/h1-6,11,14-15,18H,7-10,12-13H2. The molecule has 2 aromatic heterocycles. The summed E-state index contributed by atoms with van der Waals surface area (Å²) in [6.07, 6.45) is 8.89. The Hall–Kier alpha value is -2.37. The maximum Gasteiger partial charge on any atom is 0.140 e. The van der Waals surface area contributed by atoms with Crippen LogP contribution in [0.25, 0.3) is 16.8 Å². The zero-order chi connectivity index (χ0) is 19.1. The lowest BCUT2D eigenvalue weighted by molar-refractivity contribution is -0.114. The topological polar surface area (TPSA) is 46.8 Å². The van der Waals surface area contributed by atoms with Crippen molar-refractivity contribution in [3.63, 3.8) is 0 Å². The van der Waals surface area contributed by atoms with Crippen LogP contribution in [0.5, 0.6) is 5.75 Å². The van der Waals surface area contributed by atoms with E-state index >= 15 is 0 Å². The lowest BCUT2D eigenvalue weighted by Gasteiger charge is -2.35. The van der Waals surface area contributed by atoms with Gasteiger partial charge in [-0.05, 0) is 55.5 Å². The smallest absolute Gasteiger partial charge is 0.140 e. The average Bonchev–Trinajstić information content (AvgIpc) is 3.38. The molecule has 5 nitrogen and oxygen atoms in total. The third-order valence-corrected chi connectivity index (χ3v) is 6.41. The van der Waals surface area contributed by atoms with Gasteiger partial charge in [-0.1, -0.05) is 23.7 Å². The van der Waals surface area contributed by atoms with E-state index in [1.807, 2.05) is 47.0 Å². The van der Waals surface area contributed by atoms with E-state index in [0.717, 1.165) is 67.6 Å². The number of aromatic nitrogens is 2. The first-order valence-corrected chi connectivity index (χ1v) is 10.2. The minimum absolute atomic E-state index is 0.151. The molecule has 1 aliphatic carbocycles. The molecule has 0 unspecified atom stereocenters. The predicted molar refractivity (Wildman–Crippen MR) is 109 cm³/mol. The fourth-order valence-corrected chi connectivity index (χ4v) is 4.45. The molecule has 5 rings (SSSR count). The first-order valence-electron chi connectivity index (χ1n) is 9.79. The summed E-state index contributed by atoms with van der Waals surface area (Å²) in [4.78, 5) is 17.9. The van der Waals surface area contributed by atoms with Crippen LogP contribution in [-0.2, 0) is 4.79 Å². The molecule has 1 saturated carbocycles. The van der Waals surface area contributed by atoms with Crippen molar-refractivity contribution in [1.29, 1.82) is 0 Å². The van der Waals surface area contributed by atoms with Crippen LogP contribution in [0.3, 0.4) is 0 Å². The van der Waals surface area contributed by atoms with E-state index < -0.39 is 0 Å². The Balaban J connectivity index is 1.25. The second-order valence-corrected chi connectivity index (χ2v) is 8.10. The molecule has 0 bridgehead atoms. The van der Waals surface area contributed by atoms with Crippen LogP contribution in [0.15, 0.2) is 48.8 Å². The van der Waals surface area contributed by atoms with Crippen LogP contribution < -0.4 is 4.74 Å². The number of nitrogens with zero attached hydrogens (tertiary/aromatic N) is 3. The number of hydrogen-bond donors (Lipinski definition) is 0. The van der Waals surface area contributed by atoms with Crippen LogP contribution in [0.1, 0.15) is 25.7 Å². The SMILES string of the molecule is O=CC1(N2CCC(Oc3ccc(-c4ccc5nccn5c4Cl)cc3)CC2)CC1. The van der Waals surface area contributed by atoms with Crippen molar-refractivity contribution >= 4 is 23.5 Å². The maximum atomic E-state index is 11.3. The number of benzene rings is 1. The highest BCUT2D eigenvalue weighted by Crippen LogP contribution is 2.41. The first kappa shape index (κ1) is 17.7. The van der Waals surface area contributed by atoms with Gasteiger partial charge in [-0.3, -0.25) is 9.30 Å². The van der Waals surface area contributed by atoms with Crippen molar-refractivity contribution in [2.75, 3.05) is 13.1 Å². The number of carbonyl (C=O) groups is 1. The normalized spacial score (nSPS) is 19.6. The van der Waals surface area contributed by atoms with Crippen molar-refractivity contribution in [2.45, 2.75) is 37.3 Å². The molecule has 2 aliphatic rings. The van der Waals surface area contributed by atoms with Gasteiger partial charge in [0.1, 0.15) is 28.9 Å². The van der Waals surface area contributed by atoms with Crippen LogP contribution in [-0.4, -0.2) is 45.3 Å². The molecule has 144 valence electrons. The van der Waals surface area contributed by atoms with Gasteiger partial charge in [-0.25, -0.2) is 4.98 Å². The number of halogens is 1. The monoisotopic (exact) mass is 395 g/mol. The highest BCUT2D eigenvalue weighted by Gasteiger charge is 2.48. The van der Waals surface area contributed by atoms with E-state index in [1.54, 1.807) is 6.20 Å². The maximum absolute atomic E-state index is 11.3. The molecule has 1 aliphatic heterocycles. The Morgan fingerprint density at radius 1 is 1.11 bits per heavy atom. The molecule has 1 saturated heterocycles. The number of ether oxygens (including phenoxy) is 1. The van der Waals surface area contributed by atoms with Crippen molar-refractivity contribution in [2.24, 2.45) is 0 Å². The third kappa shape index (κ3) is 3.09. The number of pyridine rings is 1. The first-order chi connectivity index (χ1) is 13.7. The van der Waals surface area contributed by atoms with Crippen LogP contribution in [0, 0.1) is 0 Å². The lowest BCUT2D eigenvalue weighted by atomic mass is 10.0. The molecular weight excluding hydrogens is 374 g/mol. The van der Waals surface area contributed by atoms with E-state index in [4.69, 9.17) is 16.3 Å². The number of imidazole rings is 1. The van der Waals surface area contributed by atoms with Crippen molar-refractivity contribution < 1.29 is 9.53 Å². The van der Waals surface area contributed by atoms with Crippen LogP contribution in [0.4, 0.5) is 0 Å². The Morgan fingerprint density at radius 3 is 2.54 bits per heavy atom. The Labute approximate surface area is 168 Å². The molecule has 3 heterocycles. The van der Waals surface area contributed by atoms with Crippen molar-refractivity contribution in [3.05, 3.63) is 53.9 Å². The molecule has 28 heavy (non-hydrogen) atoms. The second-order valence-electron chi connectivity index (χ2n) is 7.74. The number of likely N-dealkylation sites (tertiary alicyclic amines) is 1. The van der Waals surface area contributed by atoms with Crippen molar-refractivity contribution in [1.82, 2.24) is 14.3 Å². The van der Waals surface area contributed by atoms with Gasteiger partial charge in [0.15, 0.2) is 0 Å². The summed E-state index contributed by atoms with van der Waals surface area (Å²) >= 11 is 6.54. The predicted octanol–water partition coefficient (Wildman–Crippen LogP) is 4.23. The van der Waals surface area contributed by atoms with Gasteiger partial charge in [-0.15, -0.1) is 0 Å². The van der Waals surface area contributed by atoms with Gasteiger partial charge in [0, 0.05) is 31.0 Å². The van der Waals surface area contributed by atoms with Crippen LogP contribution >= 0.6 is 11.6 Å². The minimum Gasteiger partial charge on any atom is -0.490 e. The molecule has 3 aromatic rings. The molecular formula is C22H22ClN3O2. The highest BCUT2D eigenvalue weighted by atomic mass is 35.5. The number of hydrogen-bond acceptors (Lipinski definition) is 4. The van der Waals surface area contributed by atoms with E-state index in [-0.39, 0.29) is 11.6 Å². The summed E-state index contributed by atoms with van der Waals surface area (Å²) < 4.78 is 8.06. The number of carbonyl (C=O) groups excluding carboxylic acids is 1. The number of rotatable bonds is 5. The van der Waals surface area contributed by atoms with E-state index in [9.17, 15) is 4.79 Å². The Bertz CT molecular complexity index is 1000. The molecule has 0 amide bonds. The van der Waals surface area contributed by atoms with E-state index in [1.165, 1.54) is 0 Å². The summed E-state index contributed by atoms with van der Waals surface area (Å²) in [7, 11) is 0.